The van der Waals surface area contributed by atoms with Crippen LogP contribution in [0.2, 0.25) is 0 Å². The molecule has 12 rings (SSSR count). The van der Waals surface area contributed by atoms with Crippen LogP contribution in [0, 0.1) is 96.5 Å². The Morgan fingerprint density at radius 2 is 0.660 bits per heavy atom. The predicted octanol–water partition coefficient (Wildman–Crippen LogP) is 31.0. The molecule has 0 amide bonds. The van der Waals surface area contributed by atoms with E-state index in [1.807, 2.05) is 0 Å². The summed E-state index contributed by atoms with van der Waals surface area (Å²) in [4.78, 5) is 0. The van der Waals surface area contributed by atoms with Gasteiger partial charge in [-0.1, -0.05) is 278 Å². The van der Waals surface area contributed by atoms with Crippen LogP contribution in [0.4, 0.5) is 8.78 Å². The van der Waals surface area contributed by atoms with Crippen LogP contribution in [0.3, 0.4) is 0 Å². The molecule has 0 saturated heterocycles. The van der Waals surface area contributed by atoms with Crippen molar-refractivity contribution < 1.29 is 19.7 Å². The van der Waals surface area contributed by atoms with Crippen LogP contribution in [0.1, 0.15) is 352 Å². The number of unbranched alkanes of at least 4 members (excludes halogenated alkanes) is 2. The Bertz CT molecular complexity index is 2990. The highest BCUT2D eigenvalue weighted by molar-refractivity contribution is 5.64. The maximum Gasteiger partial charge on any atom is 0.204 e. The van der Waals surface area contributed by atoms with Crippen molar-refractivity contribution in [1.82, 2.24) is 0 Å². The molecular weight excluding hydrogens is 1260 g/mol. The van der Waals surface area contributed by atoms with E-state index in [0.717, 1.165) is 89.8 Å². The summed E-state index contributed by atoms with van der Waals surface area (Å²) < 4.78 is 38.2. The third kappa shape index (κ3) is 28.4. The maximum atomic E-state index is 13.9. The summed E-state index contributed by atoms with van der Waals surface area (Å²) in [5.74, 6) is 11.3. The average molecular weight is 1410 g/mol. The highest BCUT2D eigenvalue weighted by Gasteiger charge is 2.34. The first-order valence-corrected chi connectivity index (χ1v) is 44.0. The van der Waals surface area contributed by atoms with Crippen LogP contribution in [-0.4, -0.2) is 13.2 Å². The van der Waals surface area contributed by atoms with Gasteiger partial charge in [-0.3, -0.25) is 0 Å². The van der Waals surface area contributed by atoms with E-state index in [2.05, 4.69) is 165 Å². The molecule has 0 N–H and O–H groups in total. The van der Waals surface area contributed by atoms with E-state index >= 15 is 0 Å². The van der Waals surface area contributed by atoms with Gasteiger partial charge in [0.05, 0.1) is 13.2 Å². The molecule has 0 bridgehead atoms. The SMILES string of the molecule is C=CC1CCC(C2CCC(CCC)CC2)CC1.CCCC1CCC(C2CCC(c3ccc(C)cc3)CC2)CC1.CCCC1CCC(COc2ccc(OCC)c(F)c2F)CC1.CCCCCc1ccc(-c2ccc(C)cc2)cc1.CCCc1ccc(C2CCC(C3CCC(CCC)CC3)CC2)cc1.[HH]. The second-order valence-electron chi connectivity index (χ2n) is 34.4. The highest BCUT2D eigenvalue weighted by Crippen LogP contribution is 2.48. The van der Waals surface area contributed by atoms with Crippen molar-refractivity contribution in [2.75, 3.05) is 13.2 Å². The van der Waals surface area contributed by atoms with Crippen molar-refractivity contribution >= 4 is 0 Å². The molecule has 5 aromatic carbocycles. The minimum absolute atomic E-state index is 0. The Morgan fingerprint density at radius 1 is 0.340 bits per heavy atom. The molecule has 7 aliphatic carbocycles. The van der Waals surface area contributed by atoms with Crippen molar-refractivity contribution in [3.63, 3.8) is 0 Å². The smallest absolute Gasteiger partial charge is 0.204 e. The summed E-state index contributed by atoms with van der Waals surface area (Å²) in [6, 6.07) is 39.5. The van der Waals surface area contributed by atoms with E-state index in [-0.39, 0.29) is 12.9 Å². The fourth-order valence-corrected chi connectivity index (χ4v) is 20.2. The Kier molecular flexibility index (Phi) is 38.4. The monoisotopic (exact) mass is 1410 g/mol. The molecule has 5 aromatic rings. The number of aryl methyl sites for hydroxylation is 4. The third-order valence-electron chi connectivity index (χ3n) is 26.9. The predicted molar refractivity (Wildman–Crippen MR) is 443 cm³/mol. The average Bonchev–Trinajstić information content (AvgIpc) is 0.842. The fraction of sp³-hybridized carbons (Fsp3) is 0.677. The van der Waals surface area contributed by atoms with Gasteiger partial charge in [0.15, 0.2) is 11.5 Å². The third-order valence-corrected chi connectivity index (χ3v) is 26.9. The summed E-state index contributed by atoms with van der Waals surface area (Å²) in [5, 5.41) is 0. The Labute approximate surface area is 633 Å². The lowest BCUT2D eigenvalue weighted by Gasteiger charge is -2.38. The zero-order chi connectivity index (χ0) is 73.0. The molecule has 0 heterocycles. The molecule has 0 radical (unpaired) electrons. The number of halogens is 2. The maximum absolute atomic E-state index is 13.9. The summed E-state index contributed by atoms with van der Waals surface area (Å²) >= 11 is 0. The van der Waals surface area contributed by atoms with E-state index in [9.17, 15) is 8.78 Å². The van der Waals surface area contributed by atoms with Gasteiger partial charge in [-0.05, 0) is 297 Å². The topological polar surface area (TPSA) is 18.5 Å². The van der Waals surface area contributed by atoms with Gasteiger partial charge in [0.1, 0.15) is 0 Å². The molecule has 4 heteroatoms. The zero-order valence-electron chi connectivity index (χ0n) is 67.4. The summed E-state index contributed by atoms with van der Waals surface area (Å²) in [6.07, 6.45) is 61.5. The largest absolute Gasteiger partial charge is 0.491 e. The van der Waals surface area contributed by atoms with Gasteiger partial charge in [-0.15, -0.1) is 6.58 Å². The van der Waals surface area contributed by atoms with Crippen molar-refractivity contribution in [1.29, 1.82) is 0 Å². The first-order valence-electron chi connectivity index (χ1n) is 44.0. The minimum atomic E-state index is -0.967. The van der Waals surface area contributed by atoms with Gasteiger partial charge >= 0.3 is 0 Å². The van der Waals surface area contributed by atoms with Crippen LogP contribution in [0.25, 0.3) is 11.1 Å². The first-order chi connectivity index (χ1) is 50.3. The number of ether oxygens (including phenoxy) is 2. The van der Waals surface area contributed by atoms with Gasteiger partial charge in [0.2, 0.25) is 11.6 Å². The second-order valence-corrected chi connectivity index (χ2v) is 34.4. The van der Waals surface area contributed by atoms with E-state index in [0.29, 0.717) is 19.1 Å². The van der Waals surface area contributed by atoms with Gasteiger partial charge in [0, 0.05) is 1.43 Å². The molecule has 103 heavy (non-hydrogen) atoms. The normalized spacial score (nSPS) is 27.1. The van der Waals surface area contributed by atoms with Crippen LogP contribution in [0.15, 0.2) is 122 Å². The van der Waals surface area contributed by atoms with Gasteiger partial charge < -0.3 is 9.47 Å². The number of hydrogen-bond donors (Lipinski definition) is 0. The summed E-state index contributed by atoms with van der Waals surface area (Å²) in [7, 11) is 0. The molecule has 0 spiro atoms. The molecule has 0 atom stereocenters. The Morgan fingerprint density at radius 3 is 1.03 bits per heavy atom. The second kappa shape index (κ2) is 47.2. The molecule has 7 fully saturated rings. The molecule has 0 aromatic heterocycles. The van der Waals surface area contributed by atoms with E-state index < -0.39 is 11.6 Å². The standard InChI is InChI=1S/C24H38.C22H34.C18H26F2O2.C18H22.C17H30.H2/c1-3-5-19-7-11-21(12-8-19)23-15-17-24(18-16-23)22-13-9-20(6-4-2)10-14-22;1-3-4-18-7-11-20(12-8-18)22-15-13-21(14-16-22)19-9-5-17(2)6-10-19;1-3-5-13-6-8-14(9-7-13)12-22-16-11-10-15(21-4-2)17(19)18(16)20;1-3-4-5-6-16-9-13-18(14-10-16)17-11-7-15(2)8-12-17;1-3-5-15-8-12-17(13-9-15)16-10-6-14(4-2)7-11-16;/h7-8,11-12,20,22-24H,3-6,9-10,13-18H2,1-2H3;5-6,9-10,18,20-22H,3-4,7-8,11-16H2,1-2H3;10-11,13-14H,3-9,12H2,1-2H3;7-14H,3-6H2,1-2H3;4,14-17H,2-3,5-13H2,1H3;1H. The van der Waals surface area contributed by atoms with Crippen LogP contribution in [-0.2, 0) is 12.8 Å². The zero-order valence-corrected chi connectivity index (χ0v) is 67.4. The van der Waals surface area contributed by atoms with Crippen LogP contribution in [0.5, 0.6) is 11.5 Å². The minimum Gasteiger partial charge on any atom is -0.491 e. The van der Waals surface area contributed by atoms with E-state index in [1.54, 1.807) is 18.1 Å². The van der Waals surface area contributed by atoms with Gasteiger partial charge in [0.25, 0.3) is 0 Å². The van der Waals surface area contributed by atoms with Crippen molar-refractivity contribution in [2.45, 2.75) is 344 Å². The van der Waals surface area contributed by atoms with Crippen molar-refractivity contribution in [3.8, 4) is 22.6 Å². The molecular formula is C99H152F2O2. The molecule has 7 saturated carbocycles. The molecule has 0 aliphatic heterocycles. The van der Waals surface area contributed by atoms with E-state index in [4.69, 9.17) is 9.47 Å². The Hall–Kier alpha value is -4.70. The molecule has 0 unspecified atom stereocenters. The molecule has 574 valence electrons. The highest BCUT2D eigenvalue weighted by atomic mass is 19.2. The summed E-state index contributed by atoms with van der Waals surface area (Å²) in [5.41, 5.74) is 11.5. The van der Waals surface area contributed by atoms with Crippen molar-refractivity contribution in [2.24, 2.45) is 71.0 Å². The fourth-order valence-electron chi connectivity index (χ4n) is 20.2. The lowest BCUT2D eigenvalue weighted by molar-refractivity contribution is 0.152. The number of rotatable bonds is 26. The summed E-state index contributed by atoms with van der Waals surface area (Å²) in [6.45, 7) is 24.5. The van der Waals surface area contributed by atoms with Crippen molar-refractivity contribution in [3.05, 3.63) is 167 Å². The van der Waals surface area contributed by atoms with Gasteiger partial charge in [-0.2, -0.15) is 8.78 Å². The Balaban J connectivity index is 0.000000182. The number of allylic oxidation sites excluding steroid dienone is 1. The first kappa shape index (κ1) is 83.9. The number of hydrogen-bond acceptors (Lipinski definition) is 2. The van der Waals surface area contributed by atoms with Crippen LogP contribution < -0.4 is 9.47 Å². The molecule has 7 aliphatic rings. The molecule has 2 nitrogen and oxygen atoms in total. The van der Waals surface area contributed by atoms with Gasteiger partial charge in [-0.25, -0.2) is 0 Å². The number of benzene rings is 5. The lowest BCUT2D eigenvalue weighted by Crippen LogP contribution is -2.25. The quantitative estimate of drug-likeness (QED) is 0.0406. The van der Waals surface area contributed by atoms with E-state index in [1.165, 1.54) is 302 Å². The van der Waals surface area contributed by atoms with Crippen LogP contribution >= 0.6 is 0 Å². The lowest BCUT2D eigenvalue weighted by atomic mass is 9.68.